The molecule has 0 aliphatic heterocycles. The maximum atomic E-state index is 5.81. The molecule has 0 fully saturated rings. The summed E-state index contributed by atoms with van der Waals surface area (Å²) >= 11 is 5.14. The maximum absolute atomic E-state index is 5.81. The summed E-state index contributed by atoms with van der Waals surface area (Å²) in [5.74, 6) is 0. The van der Waals surface area contributed by atoms with Gasteiger partial charge in [0, 0.05) is 24.3 Å². The van der Waals surface area contributed by atoms with Crippen LogP contribution in [0.15, 0.2) is 18.2 Å². The average Bonchev–Trinajstić information content (AvgIpc) is 2.29. The standard InChI is InChI=1S/C14H22N2S/c1-5-11(6-2)16(4)13-10(3)8-7-9-12(13)14(15)17/h7-9,11H,5-6H2,1-4H3,(H2,15,17). The molecule has 0 heterocycles. The molecule has 0 atom stereocenters. The molecule has 0 aromatic heterocycles. The molecule has 3 heteroatoms. The number of nitrogens with two attached hydrogens (primary N) is 1. The molecule has 0 aliphatic rings. The predicted molar refractivity (Wildman–Crippen MR) is 79.8 cm³/mol. The molecule has 0 saturated heterocycles. The Morgan fingerprint density at radius 3 is 2.41 bits per heavy atom. The summed E-state index contributed by atoms with van der Waals surface area (Å²) < 4.78 is 0. The Morgan fingerprint density at radius 2 is 1.94 bits per heavy atom. The molecule has 2 nitrogen and oxygen atoms in total. The van der Waals surface area contributed by atoms with Gasteiger partial charge >= 0.3 is 0 Å². The lowest BCUT2D eigenvalue weighted by molar-refractivity contribution is 0.590. The van der Waals surface area contributed by atoms with Gasteiger partial charge in [-0.2, -0.15) is 0 Å². The Balaban J connectivity index is 3.23. The number of rotatable bonds is 5. The normalized spacial score (nSPS) is 10.6. The zero-order valence-electron chi connectivity index (χ0n) is 11.2. The van der Waals surface area contributed by atoms with Crippen molar-refractivity contribution in [1.82, 2.24) is 0 Å². The molecule has 0 aliphatic carbocycles. The van der Waals surface area contributed by atoms with E-state index in [2.05, 4.69) is 38.8 Å². The second-order valence-corrected chi connectivity index (χ2v) is 4.86. The van der Waals surface area contributed by atoms with E-state index in [0.717, 1.165) is 18.4 Å². The molecular formula is C14H22N2S. The maximum Gasteiger partial charge on any atom is 0.106 e. The first kappa shape index (κ1) is 14.0. The second-order valence-electron chi connectivity index (χ2n) is 4.42. The molecule has 0 radical (unpaired) electrons. The van der Waals surface area contributed by atoms with Gasteiger partial charge in [0.2, 0.25) is 0 Å². The van der Waals surface area contributed by atoms with Crippen molar-refractivity contribution >= 4 is 22.9 Å². The minimum atomic E-state index is 0.474. The minimum Gasteiger partial charge on any atom is -0.389 e. The number of benzene rings is 1. The molecule has 0 spiro atoms. The van der Waals surface area contributed by atoms with Crippen LogP contribution < -0.4 is 10.6 Å². The van der Waals surface area contributed by atoms with E-state index < -0.39 is 0 Å². The number of aryl methyl sites for hydroxylation is 1. The zero-order chi connectivity index (χ0) is 13.0. The van der Waals surface area contributed by atoms with Crippen LogP contribution in [0.1, 0.15) is 37.8 Å². The van der Waals surface area contributed by atoms with Gasteiger partial charge in [-0.15, -0.1) is 0 Å². The van der Waals surface area contributed by atoms with Crippen molar-refractivity contribution in [2.45, 2.75) is 39.7 Å². The lowest BCUT2D eigenvalue weighted by Crippen LogP contribution is -2.32. The van der Waals surface area contributed by atoms with Gasteiger partial charge in [0.15, 0.2) is 0 Å². The molecule has 0 saturated carbocycles. The summed E-state index contributed by atoms with van der Waals surface area (Å²) in [7, 11) is 2.13. The van der Waals surface area contributed by atoms with E-state index in [1.807, 2.05) is 12.1 Å². The second kappa shape index (κ2) is 6.01. The highest BCUT2D eigenvalue weighted by molar-refractivity contribution is 7.80. The highest BCUT2D eigenvalue weighted by atomic mass is 32.1. The van der Waals surface area contributed by atoms with E-state index in [9.17, 15) is 0 Å². The smallest absolute Gasteiger partial charge is 0.106 e. The van der Waals surface area contributed by atoms with Gasteiger partial charge in [-0.1, -0.05) is 38.2 Å². The molecule has 2 N–H and O–H groups in total. The van der Waals surface area contributed by atoms with Crippen molar-refractivity contribution in [3.05, 3.63) is 29.3 Å². The van der Waals surface area contributed by atoms with Gasteiger partial charge in [-0.3, -0.25) is 0 Å². The SMILES string of the molecule is CCC(CC)N(C)c1c(C)cccc1C(N)=S. The van der Waals surface area contributed by atoms with Gasteiger partial charge < -0.3 is 10.6 Å². The zero-order valence-corrected chi connectivity index (χ0v) is 12.0. The quantitative estimate of drug-likeness (QED) is 0.813. The third-order valence-corrected chi connectivity index (χ3v) is 3.57. The summed E-state index contributed by atoms with van der Waals surface area (Å²) in [5, 5.41) is 0. The Bertz CT molecular complexity index is 397. The number of thiocarbonyl (C=S) groups is 1. The van der Waals surface area contributed by atoms with Crippen LogP contribution in [0, 0.1) is 6.92 Å². The van der Waals surface area contributed by atoms with Gasteiger partial charge in [0.05, 0.1) is 0 Å². The van der Waals surface area contributed by atoms with Crippen molar-refractivity contribution < 1.29 is 0 Å². The van der Waals surface area contributed by atoms with E-state index in [1.54, 1.807) is 0 Å². The van der Waals surface area contributed by atoms with E-state index in [1.165, 1.54) is 11.3 Å². The van der Waals surface area contributed by atoms with Gasteiger partial charge in [0.1, 0.15) is 4.99 Å². The number of hydrogen-bond donors (Lipinski definition) is 1. The van der Waals surface area contributed by atoms with Crippen molar-refractivity contribution in [2.24, 2.45) is 5.73 Å². The molecule has 17 heavy (non-hydrogen) atoms. The minimum absolute atomic E-state index is 0.474. The number of hydrogen-bond acceptors (Lipinski definition) is 2. The molecule has 1 aromatic carbocycles. The van der Waals surface area contributed by atoms with Crippen molar-refractivity contribution in [3.63, 3.8) is 0 Å². The largest absolute Gasteiger partial charge is 0.389 e. The average molecular weight is 250 g/mol. The van der Waals surface area contributed by atoms with Crippen LogP contribution >= 0.6 is 12.2 Å². The van der Waals surface area contributed by atoms with Crippen LogP contribution in [0.4, 0.5) is 5.69 Å². The summed E-state index contributed by atoms with van der Waals surface area (Å²) in [4.78, 5) is 2.78. The fourth-order valence-corrected chi connectivity index (χ4v) is 2.51. The first-order valence-corrected chi connectivity index (χ1v) is 6.55. The lowest BCUT2D eigenvalue weighted by atomic mass is 10.0. The topological polar surface area (TPSA) is 29.3 Å². The summed E-state index contributed by atoms with van der Waals surface area (Å²) in [5.41, 5.74) is 9.19. The predicted octanol–water partition coefficient (Wildman–Crippen LogP) is 3.25. The van der Waals surface area contributed by atoms with Crippen LogP contribution in [-0.4, -0.2) is 18.1 Å². The Morgan fingerprint density at radius 1 is 1.35 bits per heavy atom. The fourth-order valence-electron chi connectivity index (χ4n) is 2.34. The van der Waals surface area contributed by atoms with Crippen LogP contribution in [0.5, 0.6) is 0 Å². The van der Waals surface area contributed by atoms with Crippen LogP contribution in [0.25, 0.3) is 0 Å². The van der Waals surface area contributed by atoms with Crippen molar-refractivity contribution in [1.29, 1.82) is 0 Å². The Labute approximate surface area is 110 Å². The molecule has 94 valence electrons. The van der Waals surface area contributed by atoms with Crippen molar-refractivity contribution in [2.75, 3.05) is 11.9 Å². The van der Waals surface area contributed by atoms with Crippen LogP contribution in [-0.2, 0) is 0 Å². The van der Waals surface area contributed by atoms with Gasteiger partial charge in [-0.25, -0.2) is 0 Å². The van der Waals surface area contributed by atoms with Gasteiger partial charge in [-0.05, 0) is 31.4 Å². The summed E-state index contributed by atoms with van der Waals surface area (Å²) in [6.07, 6.45) is 2.25. The van der Waals surface area contributed by atoms with E-state index in [-0.39, 0.29) is 0 Å². The lowest BCUT2D eigenvalue weighted by Gasteiger charge is -2.31. The van der Waals surface area contributed by atoms with Crippen molar-refractivity contribution in [3.8, 4) is 0 Å². The third-order valence-electron chi connectivity index (χ3n) is 3.35. The molecule has 1 rings (SSSR count). The summed E-state index contributed by atoms with van der Waals surface area (Å²) in [6, 6.07) is 6.65. The van der Waals surface area contributed by atoms with Crippen LogP contribution in [0.3, 0.4) is 0 Å². The number of para-hydroxylation sites is 1. The molecule has 0 unspecified atom stereocenters. The highest BCUT2D eigenvalue weighted by Crippen LogP contribution is 2.27. The third kappa shape index (κ3) is 2.97. The molecule has 0 bridgehead atoms. The van der Waals surface area contributed by atoms with E-state index in [0.29, 0.717) is 11.0 Å². The monoisotopic (exact) mass is 250 g/mol. The first-order valence-electron chi connectivity index (χ1n) is 6.15. The highest BCUT2D eigenvalue weighted by Gasteiger charge is 2.17. The Kier molecular flexibility index (Phi) is 4.94. The van der Waals surface area contributed by atoms with Crippen LogP contribution in [0.2, 0.25) is 0 Å². The number of nitrogens with zero attached hydrogens (tertiary/aromatic N) is 1. The number of anilines is 1. The molecular weight excluding hydrogens is 228 g/mol. The molecule has 1 aromatic rings. The van der Waals surface area contributed by atoms with Gasteiger partial charge in [0.25, 0.3) is 0 Å². The Hall–Kier alpha value is -1.09. The van der Waals surface area contributed by atoms with E-state index >= 15 is 0 Å². The van der Waals surface area contributed by atoms with E-state index in [4.69, 9.17) is 18.0 Å². The first-order chi connectivity index (χ1) is 8.02. The molecule has 0 amide bonds. The fraction of sp³-hybridized carbons (Fsp3) is 0.500. The summed E-state index contributed by atoms with van der Waals surface area (Å²) in [6.45, 7) is 6.53.